The van der Waals surface area contributed by atoms with Crippen LogP contribution in [0.15, 0.2) is 17.0 Å². The maximum Gasteiger partial charge on any atom is 0.252 e. The van der Waals surface area contributed by atoms with Gasteiger partial charge < -0.3 is 15.7 Å². The number of benzene rings is 1. The largest absolute Gasteiger partial charge is 0.360 e. The molecule has 1 aromatic carbocycles. The summed E-state index contributed by atoms with van der Waals surface area (Å²) in [5, 5.41) is 15.1. The SMILES string of the molecule is CC1CCNNC1[C@H](C)NC(=O)CN1C(O)Nc2ccc(F)c(F)c2S1(=O)=O. The molecule has 3 rings (SSSR count). The number of amides is 1. The summed E-state index contributed by atoms with van der Waals surface area (Å²) in [5.74, 6) is -3.33. The van der Waals surface area contributed by atoms with Gasteiger partial charge in [0.1, 0.15) is 4.90 Å². The van der Waals surface area contributed by atoms with E-state index in [0.717, 1.165) is 25.1 Å². The Morgan fingerprint density at radius 2 is 2.14 bits per heavy atom. The van der Waals surface area contributed by atoms with Gasteiger partial charge in [-0.05, 0) is 31.4 Å². The Morgan fingerprint density at radius 3 is 2.82 bits per heavy atom. The smallest absolute Gasteiger partial charge is 0.252 e. The number of fused-ring (bicyclic) bond motifs is 1. The van der Waals surface area contributed by atoms with Crippen molar-refractivity contribution in [2.75, 3.05) is 18.4 Å². The molecule has 156 valence electrons. The fourth-order valence-corrected chi connectivity index (χ4v) is 5.06. The number of halogens is 2. The number of hydrogen-bond acceptors (Lipinski definition) is 7. The van der Waals surface area contributed by atoms with Gasteiger partial charge >= 0.3 is 0 Å². The van der Waals surface area contributed by atoms with E-state index in [0.29, 0.717) is 4.31 Å². The fraction of sp³-hybridized carbons (Fsp3) is 0.562. The topological polar surface area (TPSA) is 123 Å². The molecule has 0 aromatic heterocycles. The van der Waals surface area contributed by atoms with Gasteiger partial charge in [-0.3, -0.25) is 15.6 Å². The molecule has 0 aliphatic carbocycles. The Morgan fingerprint density at radius 1 is 1.43 bits per heavy atom. The van der Waals surface area contributed by atoms with Crippen molar-refractivity contribution in [1.82, 2.24) is 20.5 Å². The molecule has 0 spiro atoms. The number of nitrogens with one attached hydrogen (secondary N) is 4. The monoisotopic (exact) mass is 419 g/mol. The third kappa shape index (κ3) is 3.82. The summed E-state index contributed by atoms with van der Waals surface area (Å²) in [5.41, 5.74) is 5.81. The summed E-state index contributed by atoms with van der Waals surface area (Å²) >= 11 is 0. The van der Waals surface area contributed by atoms with Crippen molar-refractivity contribution in [3.05, 3.63) is 23.8 Å². The van der Waals surface area contributed by atoms with Gasteiger partial charge in [-0.1, -0.05) is 6.92 Å². The second-order valence-corrected chi connectivity index (χ2v) is 8.85. The van der Waals surface area contributed by atoms with Gasteiger partial charge in [0.2, 0.25) is 5.91 Å². The van der Waals surface area contributed by atoms with Crippen molar-refractivity contribution in [2.24, 2.45) is 5.92 Å². The molecule has 9 nitrogen and oxygen atoms in total. The van der Waals surface area contributed by atoms with Crippen LogP contribution in [0, 0.1) is 17.6 Å². The third-order valence-electron chi connectivity index (χ3n) is 5.01. The lowest BCUT2D eigenvalue weighted by Gasteiger charge is -2.36. The zero-order valence-electron chi connectivity index (χ0n) is 15.4. The Bertz CT molecular complexity index is 869. The summed E-state index contributed by atoms with van der Waals surface area (Å²) in [4.78, 5) is 11.5. The first kappa shape index (κ1) is 20.9. The number of nitrogens with zero attached hydrogens (tertiary/aromatic N) is 1. The van der Waals surface area contributed by atoms with Gasteiger partial charge in [-0.15, -0.1) is 4.31 Å². The van der Waals surface area contributed by atoms with E-state index in [1.54, 1.807) is 6.92 Å². The molecule has 1 fully saturated rings. The molecule has 2 aliphatic heterocycles. The van der Waals surface area contributed by atoms with Crippen LogP contribution in [0.25, 0.3) is 0 Å². The van der Waals surface area contributed by atoms with E-state index in [2.05, 4.69) is 21.5 Å². The molecular weight excluding hydrogens is 396 g/mol. The van der Waals surface area contributed by atoms with E-state index in [-0.39, 0.29) is 23.7 Å². The minimum Gasteiger partial charge on any atom is -0.360 e. The van der Waals surface area contributed by atoms with Crippen LogP contribution in [-0.4, -0.2) is 55.3 Å². The van der Waals surface area contributed by atoms with Crippen molar-refractivity contribution in [3.8, 4) is 0 Å². The van der Waals surface area contributed by atoms with Gasteiger partial charge in [0.25, 0.3) is 10.0 Å². The summed E-state index contributed by atoms with van der Waals surface area (Å²) in [7, 11) is -4.63. The molecule has 2 heterocycles. The van der Waals surface area contributed by atoms with Crippen LogP contribution >= 0.6 is 0 Å². The highest BCUT2D eigenvalue weighted by atomic mass is 32.2. The number of carbonyl (C=O) groups is 1. The Labute approximate surface area is 161 Å². The van der Waals surface area contributed by atoms with Crippen LogP contribution in [0.2, 0.25) is 0 Å². The van der Waals surface area contributed by atoms with E-state index in [1.807, 2.05) is 6.92 Å². The van der Waals surface area contributed by atoms with E-state index >= 15 is 0 Å². The number of rotatable bonds is 4. The zero-order chi connectivity index (χ0) is 20.6. The van der Waals surface area contributed by atoms with Crippen molar-refractivity contribution in [3.63, 3.8) is 0 Å². The van der Waals surface area contributed by atoms with E-state index in [9.17, 15) is 27.1 Å². The van der Waals surface area contributed by atoms with Crippen molar-refractivity contribution in [2.45, 2.75) is 43.6 Å². The lowest BCUT2D eigenvalue weighted by molar-refractivity contribution is -0.123. The normalized spacial score (nSPS) is 28.1. The van der Waals surface area contributed by atoms with Crippen molar-refractivity contribution >= 4 is 21.6 Å². The maximum atomic E-state index is 14.1. The first-order valence-electron chi connectivity index (χ1n) is 8.85. The van der Waals surface area contributed by atoms with Gasteiger partial charge in [-0.25, -0.2) is 17.2 Å². The zero-order valence-corrected chi connectivity index (χ0v) is 16.2. The third-order valence-corrected chi connectivity index (χ3v) is 6.87. The molecule has 12 heteroatoms. The number of hydrazine groups is 1. The molecular formula is C16H23F2N5O4S. The quantitative estimate of drug-likeness (QED) is 0.453. The Hall–Kier alpha value is -1.86. The van der Waals surface area contributed by atoms with Crippen molar-refractivity contribution < 1.29 is 27.1 Å². The molecule has 0 saturated carbocycles. The van der Waals surface area contributed by atoms with E-state index < -0.39 is 45.4 Å². The maximum absolute atomic E-state index is 14.1. The van der Waals surface area contributed by atoms with Crippen LogP contribution < -0.4 is 21.5 Å². The minimum absolute atomic E-state index is 0.0778. The molecule has 0 radical (unpaired) electrons. The number of sulfonamides is 1. The summed E-state index contributed by atoms with van der Waals surface area (Å²) in [6.45, 7) is 3.83. The standard InChI is InChI=1S/C16H23F2N5O4S/c1-8-5-6-19-22-14(8)9(2)20-12(24)7-23-16(25)21-11-4-3-10(17)13(18)15(11)28(23,26)27/h3-4,8-9,14,16,19,21-22,25H,5-7H2,1-2H3,(H,20,24)/t8?,9-,14?,16?/m0/s1. The molecule has 4 atom stereocenters. The van der Waals surface area contributed by atoms with Crippen LogP contribution in [0.4, 0.5) is 14.5 Å². The highest BCUT2D eigenvalue weighted by Crippen LogP contribution is 2.34. The number of aliphatic hydroxyl groups excluding tert-OH is 1. The van der Waals surface area contributed by atoms with Gasteiger partial charge in [0.05, 0.1) is 12.2 Å². The summed E-state index contributed by atoms with van der Waals surface area (Å²) in [6.07, 6.45) is -0.889. The number of aliphatic hydroxyl groups is 1. The van der Waals surface area contributed by atoms with Gasteiger partial charge in [0.15, 0.2) is 18.0 Å². The minimum atomic E-state index is -4.63. The molecule has 1 aromatic rings. The molecule has 2 aliphatic rings. The average Bonchev–Trinajstić information content (AvgIpc) is 2.61. The summed E-state index contributed by atoms with van der Waals surface area (Å²) < 4.78 is 53.3. The second-order valence-electron chi connectivity index (χ2n) is 7.03. The highest BCUT2D eigenvalue weighted by Gasteiger charge is 2.42. The first-order valence-corrected chi connectivity index (χ1v) is 10.3. The van der Waals surface area contributed by atoms with Crippen molar-refractivity contribution in [1.29, 1.82) is 0 Å². The molecule has 5 N–H and O–H groups in total. The van der Waals surface area contributed by atoms with Gasteiger partial charge in [0, 0.05) is 18.6 Å². The summed E-state index contributed by atoms with van der Waals surface area (Å²) in [6, 6.07) is 1.34. The van der Waals surface area contributed by atoms with Crippen LogP contribution in [0.5, 0.6) is 0 Å². The van der Waals surface area contributed by atoms with Gasteiger partial charge in [-0.2, -0.15) is 0 Å². The number of carbonyl (C=O) groups excluding carboxylic acids is 1. The van der Waals surface area contributed by atoms with E-state index in [4.69, 9.17) is 0 Å². The molecule has 1 saturated heterocycles. The average molecular weight is 419 g/mol. The number of anilines is 1. The lowest BCUT2D eigenvalue weighted by Crippen LogP contribution is -2.60. The molecule has 1 amide bonds. The Kier molecular flexibility index (Phi) is 5.87. The first-order chi connectivity index (χ1) is 13.1. The molecule has 28 heavy (non-hydrogen) atoms. The Balaban J connectivity index is 1.76. The molecule has 3 unspecified atom stereocenters. The molecule has 0 bridgehead atoms. The lowest BCUT2D eigenvalue weighted by atomic mass is 9.92. The van der Waals surface area contributed by atoms with Crippen LogP contribution in [0.3, 0.4) is 0 Å². The second kappa shape index (κ2) is 7.87. The van der Waals surface area contributed by atoms with E-state index in [1.165, 1.54) is 0 Å². The van der Waals surface area contributed by atoms with Crippen LogP contribution in [0.1, 0.15) is 20.3 Å². The number of hydrogen-bond donors (Lipinski definition) is 5. The predicted octanol–water partition coefficient (Wildman–Crippen LogP) is -0.336. The van der Waals surface area contributed by atoms with Crippen LogP contribution in [-0.2, 0) is 14.8 Å². The fourth-order valence-electron chi connectivity index (χ4n) is 3.49. The predicted molar refractivity (Wildman–Crippen MR) is 96.2 cm³/mol. The highest BCUT2D eigenvalue weighted by molar-refractivity contribution is 7.89.